The zero-order valence-corrected chi connectivity index (χ0v) is 13.4. The maximum Gasteiger partial charge on any atom is 0.122 e. The molecule has 0 aromatic heterocycles. The summed E-state index contributed by atoms with van der Waals surface area (Å²) in [6, 6.07) is 6.11. The lowest BCUT2D eigenvalue weighted by Crippen LogP contribution is -2.46. The van der Waals surface area contributed by atoms with Gasteiger partial charge in [0.15, 0.2) is 0 Å². The van der Waals surface area contributed by atoms with Gasteiger partial charge in [0.2, 0.25) is 0 Å². The summed E-state index contributed by atoms with van der Waals surface area (Å²) < 4.78 is 12.7. The number of halogens is 1. The molecule has 0 bridgehead atoms. The van der Waals surface area contributed by atoms with Crippen LogP contribution in [0.4, 0.5) is 0 Å². The van der Waals surface area contributed by atoms with E-state index in [1.54, 1.807) is 0 Å². The molecule has 1 fully saturated rings. The van der Waals surface area contributed by atoms with Gasteiger partial charge in [0, 0.05) is 24.1 Å². The van der Waals surface area contributed by atoms with Crippen LogP contribution >= 0.6 is 15.9 Å². The van der Waals surface area contributed by atoms with Crippen LogP contribution in [-0.4, -0.2) is 43.3 Å². The van der Waals surface area contributed by atoms with E-state index in [0.717, 1.165) is 42.0 Å². The molecule has 1 aromatic carbocycles. The topological polar surface area (TPSA) is 21.7 Å². The van der Waals surface area contributed by atoms with Crippen LogP contribution in [0.3, 0.4) is 0 Å². The van der Waals surface area contributed by atoms with E-state index in [4.69, 9.17) is 9.47 Å². The predicted molar refractivity (Wildman–Crippen MR) is 80.8 cm³/mol. The highest BCUT2D eigenvalue weighted by Crippen LogP contribution is 2.22. The number of benzene rings is 1. The van der Waals surface area contributed by atoms with Crippen LogP contribution in [0.5, 0.6) is 5.75 Å². The van der Waals surface area contributed by atoms with Crippen LogP contribution in [0.15, 0.2) is 22.7 Å². The van der Waals surface area contributed by atoms with Gasteiger partial charge >= 0.3 is 0 Å². The van der Waals surface area contributed by atoms with E-state index in [0.29, 0.717) is 12.2 Å². The van der Waals surface area contributed by atoms with E-state index in [-0.39, 0.29) is 0 Å². The molecule has 0 aliphatic carbocycles. The zero-order valence-electron chi connectivity index (χ0n) is 11.9. The number of morpholine rings is 1. The fraction of sp³-hybridized carbons (Fsp3) is 0.600. The third-order valence-electron chi connectivity index (χ3n) is 3.30. The molecule has 1 heterocycles. The van der Waals surface area contributed by atoms with Gasteiger partial charge in [-0.1, -0.05) is 15.9 Å². The molecular weight excluding hydrogens is 306 g/mol. The van der Waals surface area contributed by atoms with Gasteiger partial charge in [0.05, 0.1) is 12.2 Å². The first-order chi connectivity index (χ1) is 9.04. The fourth-order valence-electron chi connectivity index (χ4n) is 2.53. The summed E-state index contributed by atoms with van der Waals surface area (Å²) in [7, 11) is 0. The summed E-state index contributed by atoms with van der Waals surface area (Å²) in [5.41, 5.74) is 1.16. The van der Waals surface area contributed by atoms with Gasteiger partial charge in [-0.3, -0.25) is 4.90 Å². The van der Waals surface area contributed by atoms with Crippen LogP contribution in [0.2, 0.25) is 0 Å². The normalized spacial score (nSPS) is 24.4. The van der Waals surface area contributed by atoms with E-state index in [2.05, 4.69) is 47.7 Å². The summed E-state index contributed by atoms with van der Waals surface area (Å²) in [4.78, 5) is 2.41. The molecule has 0 saturated carbocycles. The zero-order chi connectivity index (χ0) is 13.8. The third-order valence-corrected chi connectivity index (χ3v) is 3.79. The SMILES string of the molecule is Cc1cc(Br)ccc1OCCN1C[C@@H](C)O[C@H](C)C1. The van der Waals surface area contributed by atoms with Crippen molar-refractivity contribution in [3.63, 3.8) is 0 Å². The van der Waals surface area contributed by atoms with Gasteiger partial charge in [-0.25, -0.2) is 0 Å². The van der Waals surface area contributed by atoms with Crippen molar-refractivity contribution in [2.45, 2.75) is 33.0 Å². The molecule has 0 N–H and O–H groups in total. The third kappa shape index (κ3) is 4.48. The Morgan fingerprint density at radius 3 is 2.63 bits per heavy atom. The molecule has 0 spiro atoms. The van der Waals surface area contributed by atoms with E-state index >= 15 is 0 Å². The van der Waals surface area contributed by atoms with Crippen LogP contribution in [0.25, 0.3) is 0 Å². The Kier molecular flexibility index (Phi) is 5.25. The van der Waals surface area contributed by atoms with Crippen molar-refractivity contribution in [3.8, 4) is 5.75 Å². The second-order valence-corrected chi connectivity index (χ2v) is 6.19. The number of hydrogen-bond donors (Lipinski definition) is 0. The molecule has 106 valence electrons. The number of hydrogen-bond acceptors (Lipinski definition) is 3. The largest absolute Gasteiger partial charge is 0.492 e. The average molecular weight is 328 g/mol. The number of nitrogens with zero attached hydrogens (tertiary/aromatic N) is 1. The van der Waals surface area contributed by atoms with Crippen molar-refractivity contribution in [1.82, 2.24) is 4.90 Å². The smallest absolute Gasteiger partial charge is 0.122 e. The summed E-state index contributed by atoms with van der Waals surface area (Å²) in [5, 5.41) is 0. The van der Waals surface area contributed by atoms with Gasteiger partial charge < -0.3 is 9.47 Å². The quantitative estimate of drug-likeness (QED) is 0.847. The molecule has 4 heteroatoms. The van der Waals surface area contributed by atoms with Crippen LogP contribution < -0.4 is 4.74 Å². The Bertz CT molecular complexity index is 415. The summed E-state index contributed by atoms with van der Waals surface area (Å²) in [6.07, 6.45) is 0.635. The second kappa shape index (κ2) is 6.73. The molecule has 0 radical (unpaired) electrons. The maximum absolute atomic E-state index is 5.86. The molecule has 1 saturated heterocycles. The van der Waals surface area contributed by atoms with Crippen LogP contribution in [0, 0.1) is 6.92 Å². The molecule has 1 aromatic rings. The van der Waals surface area contributed by atoms with Gasteiger partial charge in [-0.2, -0.15) is 0 Å². The van der Waals surface area contributed by atoms with Crippen molar-refractivity contribution in [2.75, 3.05) is 26.2 Å². The predicted octanol–water partition coefficient (Wildman–Crippen LogP) is 3.25. The Morgan fingerprint density at radius 2 is 2.00 bits per heavy atom. The fourth-order valence-corrected chi connectivity index (χ4v) is 3.00. The highest BCUT2D eigenvalue weighted by Gasteiger charge is 2.21. The van der Waals surface area contributed by atoms with Crippen molar-refractivity contribution in [2.24, 2.45) is 0 Å². The van der Waals surface area contributed by atoms with Gasteiger partial charge in [-0.05, 0) is 44.5 Å². The van der Waals surface area contributed by atoms with Crippen molar-refractivity contribution in [3.05, 3.63) is 28.2 Å². The minimum absolute atomic E-state index is 0.318. The van der Waals surface area contributed by atoms with Gasteiger partial charge in [-0.15, -0.1) is 0 Å². The number of aryl methyl sites for hydroxylation is 1. The molecule has 2 rings (SSSR count). The summed E-state index contributed by atoms with van der Waals surface area (Å²) in [5.74, 6) is 0.970. The van der Waals surface area contributed by atoms with Crippen molar-refractivity contribution in [1.29, 1.82) is 0 Å². The molecular formula is C15H22BrNO2. The lowest BCUT2D eigenvalue weighted by atomic mass is 10.2. The van der Waals surface area contributed by atoms with Crippen molar-refractivity contribution < 1.29 is 9.47 Å². The highest BCUT2D eigenvalue weighted by molar-refractivity contribution is 9.10. The van der Waals surface area contributed by atoms with E-state index in [9.17, 15) is 0 Å². The van der Waals surface area contributed by atoms with E-state index in [1.807, 2.05) is 12.1 Å². The second-order valence-electron chi connectivity index (χ2n) is 5.28. The lowest BCUT2D eigenvalue weighted by molar-refractivity contribution is -0.0699. The number of ether oxygens (including phenoxy) is 2. The summed E-state index contributed by atoms with van der Waals surface area (Å²) >= 11 is 3.46. The average Bonchev–Trinajstić information content (AvgIpc) is 2.30. The molecule has 19 heavy (non-hydrogen) atoms. The standard InChI is InChI=1S/C15H22BrNO2/c1-11-8-14(16)4-5-15(11)18-7-6-17-9-12(2)19-13(3)10-17/h4-5,8,12-13H,6-7,9-10H2,1-3H3/t12-,13-/m1/s1. The Labute approximate surface area is 124 Å². The van der Waals surface area contributed by atoms with Gasteiger partial charge in [0.25, 0.3) is 0 Å². The first-order valence-corrected chi connectivity index (χ1v) is 7.60. The Balaban J connectivity index is 1.80. The van der Waals surface area contributed by atoms with Crippen LogP contribution in [-0.2, 0) is 4.74 Å². The lowest BCUT2D eigenvalue weighted by Gasteiger charge is -2.35. The minimum Gasteiger partial charge on any atom is -0.492 e. The minimum atomic E-state index is 0.318. The first kappa shape index (κ1) is 14.8. The monoisotopic (exact) mass is 327 g/mol. The van der Waals surface area contributed by atoms with Crippen LogP contribution in [0.1, 0.15) is 19.4 Å². The summed E-state index contributed by atoms with van der Waals surface area (Å²) in [6.45, 7) is 9.99. The van der Waals surface area contributed by atoms with E-state index in [1.165, 1.54) is 0 Å². The van der Waals surface area contributed by atoms with Gasteiger partial charge in [0.1, 0.15) is 12.4 Å². The Morgan fingerprint density at radius 1 is 1.32 bits per heavy atom. The van der Waals surface area contributed by atoms with E-state index < -0.39 is 0 Å². The Hall–Kier alpha value is -0.580. The molecule has 3 nitrogen and oxygen atoms in total. The molecule has 1 aliphatic heterocycles. The molecule has 0 unspecified atom stereocenters. The van der Waals surface area contributed by atoms with Crippen molar-refractivity contribution >= 4 is 15.9 Å². The molecule has 0 amide bonds. The maximum atomic E-state index is 5.86. The number of rotatable bonds is 4. The molecule has 1 aliphatic rings. The highest BCUT2D eigenvalue weighted by atomic mass is 79.9. The first-order valence-electron chi connectivity index (χ1n) is 6.81. The molecule has 2 atom stereocenters.